The lowest BCUT2D eigenvalue weighted by Gasteiger charge is -2.30. The van der Waals surface area contributed by atoms with E-state index in [2.05, 4.69) is 4.74 Å². The zero-order valence-electron chi connectivity index (χ0n) is 11.2. The largest absolute Gasteiger partial charge is 0.467 e. The second-order valence-electron chi connectivity index (χ2n) is 4.24. The Morgan fingerprint density at radius 1 is 1.26 bits per heavy atom. The van der Waals surface area contributed by atoms with Crippen LogP contribution in [0, 0.1) is 11.6 Å². The number of nitrogens with one attached hydrogen (secondary N) is 1. The molecule has 0 fully saturated rings. The van der Waals surface area contributed by atoms with Gasteiger partial charge in [-0.1, -0.05) is 0 Å². The van der Waals surface area contributed by atoms with E-state index in [9.17, 15) is 36.6 Å². The Morgan fingerprint density at radius 2 is 1.83 bits per heavy atom. The number of carbonyl (C=O) groups is 2. The first-order valence-electron chi connectivity index (χ1n) is 5.72. The Kier molecular flexibility index (Phi) is 5.54. The van der Waals surface area contributed by atoms with Crippen LogP contribution in [0.5, 0.6) is 0 Å². The van der Waals surface area contributed by atoms with E-state index < -0.39 is 46.4 Å². The Labute approximate surface area is 131 Å². The molecule has 2 atom stereocenters. The maximum atomic E-state index is 13.0. The second-order valence-corrected chi connectivity index (χ2v) is 4.67. The Morgan fingerprint density at radius 3 is 2.26 bits per heavy atom. The fourth-order valence-corrected chi connectivity index (χ4v) is 1.76. The molecule has 128 valence electrons. The number of hydrogen-bond donors (Lipinski definition) is 2. The number of esters is 1. The number of amides is 1. The maximum absolute atomic E-state index is 13.0. The highest BCUT2D eigenvalue weighted by atomic mass is 35.5. The van der Waals surface area contributed by atoms with E-state index in [0.29, 0.717) is 19.2 Å². The monoisotopic (exact) mass is 361 g/mol. The Balaban J connectivity index is 3.09. The molecule has 0 saturated heterocycles. The third-order valence-electron chi connectivity index (χ3n) is 2.71. The van der Waals surface area contributed by atoms with Crippen molar-refractivity contribution in [2.45, 2.75) is 17.2 Å². The van der Waals surface area contributed by atoms with Crippen LogP contribution in [0.15, 0.2) is 18.2 Å². The van der Waals surface area contributed by atoms with Crippen LogP contribution in [0.1, 0.15) is 0 Å². The zero-order valence-corrected chi connectivity index (χ0v) is 12.0. The third-order valence-corrected chi connectivity index (χ3v) is 3.23. The van der Waals surface area contributed by atoms with Gasteiger partial charge in [-0.3, -0.25) is 4.79 Å². The number of alkyl halides is 4. The molecular formula is C12H9ClF5NO4. The molecular weight excluding hydrogens is 353 g/mol. The predicted molar refractivity (Wildman–Crippen MR) is 67.6 cm³/mol. The van der Waals surface area contributed by atoms with Crippen molar-refractivity contribution >= 4 is 29.2 Å². The predicted octanol–water partition coefficient (Wildman–Crippen LogP) is 1.98. The second kappa shape index (κ2) is 6.67. The van der Waals surface area contributed by atoms with Crippen LogP contribution in [0.4, 0.5) is 27.6 Å². The molecule has 1 amide bonds. The van der Waals surface area contributed by atoms with Crippen LogP contribution < -0.4 is 5.32 Å². The number of aliphatic hydroxyl groups is 1. The molecule has 0 bridgehead atoms. The summed E-state index contributed by atoms with van der Waals surface area (Å²) >= 11 is 5.27. The minimum absolute atomic E-state index is 0.436. The SMILES string of the molecule is COC(=O)[C@@](O)([C@H](Cl)C(=O)Nc1ccc(F)c(F)c1)C(F)(F)F. The van der Waals surface area contributed by atoms with Gasteiger partial charge in [0, 0.05) is 11.8 Å². The summed E-state index contributed by atoms with van der Waals surface area (Å²) in [6.07, 6.45) is -5.63. The molecule has 1 aromatic carbocycles. The minimum atomic E-state index is -5.63. The summed E-state index contributed by atoms with van der Waals surface area (Å²) in [4.78, 5) is 22.9. The lowest BCUT2D eigenvalue weighted by Crippen LogP contribution is -2.62. The molecule has 5 nitrogen and oxygen atoms in total. The highest BCUT2D eigenvalue weighted by Gasteiger charge is 2.67. The van der Waals surface area contributed by atoms with Crippen molar-refractivity contribution in [2.75, 3.05) is 12.4 Å². The van der Waals surface area contributed by atoms with Gasteiger partial charge in [-0.05, 0) is 12.1 Å². The van der Waals surface area contributed by atoms with E-state index in [0.717, 1.165) is 6.07 Å². The van der Waals surface area contributed by atoms with Crippen molar-refractivity contribution in [1.82, 2.24) is 0 Å². The van der Waals surface area contributed by atoms with E-state index in [4.69, 9.17) is 11.6 Å². The van der Waals surface area contributed by atoms with Gasteiger partial charge in [-0.15, -0.1) is 11.6 Å². The summed E-state index contributed by atoms with van der Waals surface area (Å²) in [7, 11) is 0.551. The van der Waals surface area contributed by atoms with Gasteiger partial charge in [0.05, 0.1) is 7.11 Å². The molecule has 0 aliphatic heterocycles. The lowest BCUT2D eigenvalue weighted by molar-refractivity contribution is -0.260. The van der Waals surface area contributed by atoms with Gasteiger partial charge in [0.25, 0.3) is 5.60 Å². The molecule has 0 aromatic heterocycles. The Hall–Kier alpha value is -1.94. The summed E-state index contributed by atoms with van der Waals surface area (Å²) in [5, 5.41) is 8.38. The molecule has 11 heteroatoms. The van der Waals surface area contributed by atoms with Crippen LogP contribution in [0.2, 0.25) is 0 Å². The number of ether oxygens (including phenoxy) is 1. The number of benzene rings is 1. The normalized spacial score (nSPS) is 15.5. The van der Waals surface area contributed by atoms with Crippen molar-refractivity contribution < 1.29 is 41.4 Å². The van der Waals surface area contributed by atoms with Crippen molar-refractivity contribution in [3.8, 4) is 0 Å². The average molecular weight is 362 g/mol. The van der Waals surface area contributed by atoms with Crippen LogP contribution in [-0.4, -0.2) is 41.2 Å². The number of halogens is 6. The molecule has 0 saturated carbocycles. The van der Waals surface area contributed by atoms with Gasteiger partial charge in [-0.2, -0.15) is 13.2 Å². The van der Waals surface area contributed by atoms with Crippen molar-refractivity contribution in [3.63, 3.8) is 0 Å². The number of carbonyl (C=O) groups excluding carboxylic acids is 2. The molecule has 23 heavy (non-hydrogen) atoms. The molecule has 1 aromatic rings. The topological polar surface area (TPSA) is 75.6 Å². The fourth-order valence-electron chi connectivity index (χ4n) is 1.49. The number of hydrogen-bond acceptors (Lipinski definition) is 4. The first-order valence-corrected chi connectivity index (χ1v) is 6.16. The standard InChI is InChI=1S/C12H9ClF5NO4/c1-23-10(21)11(22,12(16,17)18)8(13)9(20)19-5-2-3-6(14)7(15)4-5/h2-4,8,22H,1H3,(H,19,20)/t8-,11+/m1/s1. The molecule has 0 aliphatic carbocycles. The zero-order chi connectivity index (χ0) is 18.0. The van der Waals surface area contributed by atoms with Gasteiger partial charge in [0.15, 0.2) is 17.0 Å². The summed E-state index contributed by atoms with van der Waals surface area (Å²) in [6.45, 7) is 0. The maximum Gasteiger partial charge on any atom is 0.430 e. The molecule has 1 rings (SSSR count). The van der Waals surface area contributed by atoms with E-state index in [1.165, 1.54) is 0 Å². The van der Waals surface area contributed by atoms with Gasteiger partial charge in [-0.25, -0.2) is 13.6 Å². The fraction of sp³-hybridized carbons (Fsp3) is 0.333. The summed E-state index contributed by atoms with van der Waals surface area (Å²) in [5.41, 5.74) is -4.76. The highest BCUT2D eigenvalue weighted by Crippen LogP contribution is 2.37. The average Bonchev–Trinajstić information content (AvgIpc) is 2.47. The highest BCUT2D eigenvalue weighted by molar-refractivity contribution is 6.35. The molecule has 2 N–H and O–H groups in total. The third kappa shape index (κ3) is 3.70. The summed E-state index contributed by atoms with van der Waals surface area (Å²) < 4.78 is 68.2. The van der Waals surface area contributed by atoms with E-state index in [-0.39, 0.29) is 0 Å². The van der Waals surface area contributed by atoms with Crippen LogP contribution >= 0.6 is 11.6 Å². The quantitative estimate of drug-likeness (QED) is 0.488. The number of rotatable bonds is 4. The van der Waals surface area contributed by atoms with Gasteiger partial charge in [0.2, 0.25) is 5.91 Å². The first-order chi connectivity index (χ1) is 10.4. The molecule has 0 radical (unpaired) electrons. The van der Waals surface area contributed by atoms with Gasteiger partial charge in [0.1, 0.15) is 0 Å². The lowest BCUT2D eigenvalue weighted by atomic mass is 9.98. The molecule has 0 spiro atoms. The summed E-state index contributed by atoms with van der Waals surface area (Å²) in [5.74, 6) is -6.52. The van der Waals surface area contributed by atoms with E-state index >= 15 is 0 Å². The van der Waals surface area contributed by atoms with Crippen LogP contribution in [-0.2, 0) is 14.3 Å². The molecule has 0 unspecified atom stereocenters. The van der Waals surface area contributed by atoms with Crippen LogP contribution in [0.3, 0.4) is 0 Å². The number of methoxy groups -OCH3 is 1. The van der Waals surface area contributed by atoms with Gasteiger partial charge >= 0.3 is 12.1 Å². The molecule has 0 aliphatic rings. The summed E-state index contributed by atoms with van der Waals surface area (Å²) in [6, 6.07) is 1.91. The van der Waals surface area contributed by atoms with E-state index in [1.807, 2.05) is 0 Å². The van der Waals surface area contributed by atoms with Crippen molar-refractivity contribution in [2.24, 2.45) is 0 Å². The smallest absolute Gasteiger partial charge is 0.430 e. The van der Waals surface area contributed by atoms with Gasteiger partial charge < -0.3 is 15.2 Å². The van der Waals surface area contributed by atoms with Crippen molar-refractivity contribution in [3.05, 3.63) is 29.8 Å². The number of anilines is 1. The van der Waals surface area contributed by atoms with Crippen LogP contribution in [0.25, 0.3) is 0 Å². The minimum Gasteiger partial charge on any atom is -0.467 e. The van der Waals surface area contributed by atoms with E-state index in [1.54, 1.807) is 5.32 Å². The Bertz CT molecular complexity index is 624. The molecule has 0 heterocycles. The van der Waals surface area contributed by atoms with Crippen molar-refractivity contribution in [1.29, 1.82) is 0 Å². The first kappa shape index (κ1) is 19.1.